The van der Waals surface area contributed by atoms with Crippen LogP contribution in [0.2, 0.25) is 0 Å². The van der Waals surface area contributed by atoms with Crippen LogP contribution in [-0.4, -0.2) is 9.97 Å². The van der Waals surface area contributed by atoms with Crippen molar-refractivity contribution in [3.05, 3.63) is 194 Å². The van der Waals surface area contributed by atoms with Crippen LogP contribution in [0.3, 0.4) is 0 Å². The number of aromatic nitrogens is 2. The third-order valence-corrected chi connectivity index (χ3v) is 9.81. The molecule has 3 heteroatoms. The van der Waals surface area contributed by atoms with Gasteiger partial charge in [-0.3, -0.25) is 4.90 Å². The van der Waals surface area contributed by atoms with Crippen LogP contribution in [0.15, 0.2) is 188 Å². The maximum atomic E-state index is 4.96. The molecule has 0 saturated heterocycles. The van der Waals surface area contributed by atoms with Gasteiger partial charge in [-0.15, -0.1) is 0 Å². The second-order valence-corrected chi connectivity index (χ2v) is 13.0. The SMILES string of the molecule is C/C=C\C=C/c1ccc(N(c2ccc3c(-c4ccc5ccccc5c4)c4ccccc4c(-c4ccc5ccccc5c4)c3c2)c2ccccn2)nc1. The molecule has 0 radical (unpaired) electrons. The summed E-state index contributed by atoms with van der Waals surface area (Å²) in [5, 5.41) is 9.71. The third-order valence-electron chi connectivity index (χ3n) is 9.81. The summed E-state index contributed by atoms with van der Waals surface area (Å²) in [6.45, 7) is 2.01. The average Bonchev–Trinajstić information content (AvgIpc) is 3.20. The fourth-order valence-electron chi connectivity index (χ4n) is 7.39. The molecule has 0 aliphatic carbocycles. The molecule has 246 valence electrons. The Morgan fingerprint density at radius 3 is 1.67 bits per heavy atom. The monoisotopic (exact) mass is 665 g/mol. The van der Waals surface area contributed by atoms with Crippen molar-refractivity contribution in [3.63, 3.8) is 0 Å². The van der Waals surface area contributed by atoms with Crippen LogP contribution in [0, 0.1) is 0 Å². The molecule has 0 saturated carbocycles. The van der Waals surface area contributed by atoms with E-state index in [2.05, 4.69) is 151 Å². The molecule has 52 heavy (non-hydrogen) atoms. The fraction of sp³-hybridized carbons (Fsp3) is 0.0204. The van der Waals surface area contributed by atoms with Crippen molar-refractivity contribution in [3.8, 4) is 22.3 Å². The molecule has 0 aliphatic rings. The number of hydrogen-bond donors (Lipinski definition) is 0. The van der Waals surface area contributed by atoms with E-state index in [1.807, 2.05) is 55.7 Å². The van der Waals surface area contributed by atoms with Crippen molar-refractivity contribution in [2.24, 2.45) is 0 Å². The van der Waals surface area contributed by atoms with Gasteiger partial charge in [-0.2, -0.15) is 0 Å². The summed E-state index contributed by atoms with van der Waals surface area (Å²) in [6.07, 6.45) is 11.9. The average molecular weight is 666 g/mol. The van der Waals surface area contributed by atoms with Crippen LogP contribution in [-0.2, 0) is 0 Å². The first-order chi connectivity index (χ1) is 25.7. The number of benzene rings is 7. The van der Waals surface area contributed by atoms with Crippen molar-refractivity contribution in [1.82, 2.24) is 9.97 Å². The maximum Gasteiger partial charge on any atom is 0.138 e. The van der Waals surface area contributed by atoms with Gasteiger partial charge < -0.3 is 0 Å². The molecule has 0 spiro atoms. The third kappa shape index (κ3) is 5.69. The van der Waals surface area contributed by atoms with Crippen molar-refractivity contribution in [1.29, 1.82) is 0 Å². The zero-order valence-corrected chi connectivity index (χ0v) is 28.8. The van der Waals surface area contributed by atoms with E-state index in [0.29, 0.717) is 0 Å². The molecule has 0 aliphatic heterocycles. The van der Waals surface area contributed by atoms with E-state index in [1.54, 1.807) is 0 Å². The second-order valence-electron chi connectivity index (χ2n) is 13.0. The Kier molecular flexibility index (Phi) is 8.07. The Hall–Kier alpha value is -6.84. The standard InChI is InChI=1S/C49H35N3/c1-2-3-4-13-34-21-28-47(51-33-34)52(46-20-11-12-29-50-46)41-26-27-44-45(32-41)49(40-25-23-36-15-6-8-17-38(36)31-40)43-19-10-9-18-42(43)48(44)39-24-22-35-14-5-7-16-37(35)30-39/h2-33H,1H3/b3-2-,13-4-. The van der Waals surface area contributed by atoms with E-state index in [0.717, 1.165) is 22.9 Å². The molecule has 2 aromatic heterocycles. The zero-order chi connectivity index (χ0) is 34.9. The molecular formula is C49H35N3. The van der Waals surface area contributed by atoms with Gasteiger partial charge in [0.25, 0.3) is 0 Å². The molecule has 0 fully saturated rings. The maximum absolute atomic E-state index is 4.96. The minimum Gasteiger partial charge on any atom is -0.279 e. The van der Waals surface area contributed by atoms with Crippen molar-refractivity contribution >= 4 is 66.5 Å². The topological polar surface area (TPSA) is 29.0 Å². The summed E-state index contributed by atoms with van der Waals surface area (Å²) in [6, 6.07) is 56.7. The van der Waals surface area contributed by atoms with E-state index in [1.165, 1.54) is 65.3 Å². The smallest absolute Gasteiger partial charge is 0.138 e. The van der Waals surface area contributed by atoms with Crippen LogP contribution in [0.25, 0.3) is 71.4 Å². The molecule has 0 bridgehead atoms. The van der Waals surface area contributed by atoms with Crippen LogP contribution in [0.1, 0.15) is 12.5 Å². The molecule has 0 amide bonds. The summed E-state index contributed by atoms with van der Waals surface area (Å²) in [5.74, 6) is 1.60. The lowest BCUT2D eigenvalue weighted by atomic mass is 9.85. The Labute approximate surface area is 303 Å². The summed E-state index contributed by atoms with van der Waals surface area (Å²) >= 11 is 0. The van der Waals surface area contributed by atoms with Crippen molar-refractivity contribution < 1.29 is 0 Å². The van der Waals surface area contributed by atoms with Gasteiger partial charge in [0.1, 0.15) is 11.6 Å². The van der Waals surface area contributed by atoms with Crippen LogP contribution >= 0.6 is 0 Å². The summed E-state index contributed by atoms with van der Waals surface area (Å²) in [5.41, 5.74) is 6.84. The number of fused-ring (bicyclic) bond motifs is 4. The second kappa shape index (κ2) is 13.5. The lowest BCUT2D eigenvalue weighted by Gasteiger charge is -2.25. The van der Waals surface area contributed by atoms with Gasteiger partial charge in [-0.1, -0.05) is 133 Å². The van der Waals surface area contributed by atoms with Crippen LogP contribution < -0.4 is 4.90 Å². The Bertz CT molecular complexity index is 2800. The van der Waals surface area contributed by atoms with E-state index >= 15 is 0 Å². The molecule has 9 rings (SSSR count). The Morgan fingerprint density at radius 1 is 0.462 bits per heavy atom. The van der Waals surface area contributed by atoms with Gasteiger partial charge in [0.15, 0.2) is 0 Å². The van der Waals surface area contributed by atoms with Gasteiger partial charge in [-0.25, -0.2) is 9.97 Å². The minimum absolute atomic E-state index is 0.795. The lowest BCUT2D eigenvalue weighted by Crippen LogP contribution is -2.13. The predicted molar refractivity (Wildman–Crippen MR) is 221 cm³/mol. The van der Waals surface area contributed by atoms with E-state index in [4.69, 9.17) is 9.97 Å². The summed E-state index contributed by atoms with van der Waals surface area (Å²) < 4.78 is 0. The van der Waals surface area contributed by atoms with Gasteiger partial charge in [-0.05, 0) is 126 Å². The number of allylic oxidation sites excluding steroid dienone is 3. The van der Waals surface area contributed by atoms with E-state index < -0.39 is 0 Å². The summed E-state index contributed by atoms with van der Waals surface area (Å²) in [4.78, 5) is 11.9. The Morgan fingerprint density at radius 2 is 1.06 bits per heavy atom. The molecule has 0 atom stereocenters. The molecule has 3 nitrogen and oxygen atoms in total. The first-order valence-electron chi connectivity index (χ1n) is 17.7. The number of pyridine rings is 2. The fourth-order valence-corrected chi connectivity index (χ4v) is 7.39. The zero-order valence-electron chi connectivity index (χ0n) is 28.8. The molecule has 9 aromatic rings. The largest absolute Gasteiger partial charge is 0.279 e. The highest BCUT2D eigenvalue weighted by Gasteiger charge is 2.21. The molecule has 7 aromatic carbocycles. The molecule has 0 N–H and O–H groups in total. The van der Waals surface area contributed by atoms with E-state index in [-0.39, 0.29) is 0 Å². The molecular weight excluding hydrogens is 631 g/mol. The first-order valence-corrected chi connectivity index (χ1v) is 17.7. The highest BCUT2D eigenvalue weighted by atomic mass is 15.2. The van der Waals surface area contributed by atoms with Gasteiger partial charge in [0, 0.05) is 18.1 Å². The van der Waals surface area contributed by atoms with Crippen molar-refractivity contribution in [2.75, 3.05) is 4.90 Å². The lowest BCUT2D eigenvalue weighted by molar-refractivity contribution is 1.12. The normalized spacial score (nSPS) is 11.8. The molecule has 0 unspecified atom stereocenters. The highest BCUT2D eigenvalue weighted by molar-refractivity contribution is 6.22. The van der Waals surface area contributed by atoms with Gasteiger partial charge >= 0.3 is 0 Å². The highest BCUT2D eigenvalue weighted by Crippen LogP contribution is 2.46. The number of rotatable bonds is 7. The van der Waals surface area contributed by atoms with Crippen LogP contribution in [0.5, 0.6) is 0 Å². The van der Waals surface area contributed by atoms with E-state index in [9.17, 15) is 0 Å². The van der Waals surface area contributed by atoms with Crippen LogP contribution in [0.4, 0.5) is 17.3 Å². The Balaban J connectivity index is 1.34. The number of nitrogens with zero attached hydrogens (tertiary/aromatic N) is 3. The number of hydrogen-bond acceptors (Lipinski definition) is 3. The van der Waals surface area contributed by atoms with Crippen molar-refractivity contribution in [2.45, 2.75) is 6.92 Å². The van der Waals surface area contributed by atoms with Gasteiger partial charge in [0.2, 0.25) is 0 Å². The van der Waals surface area contributed by atoms with Gasteiger partial charge in [0.05, 0.1) is 0 Å². The first kappa shape index (κ1) is 31.2. The minimum atomic E-state index is 0.795. The summed E-state index contributed by atoms with van der Waals surface area (Å²) in [7, 11) is 0. The number of anilines is 3. The predicted octanol–water partition coefficient (Wildman–Crippen LogP) is 13.5. The quantitative estimate of drug-likeness (QED) is 0.125. The molecule has 2 heterocycles.